The van der Waals surface area contributed by atoms with Crippen molar-refractivity contribution in [1.82, 2.24) is 4.90 Å². The van der Waals surface area contributed by atoms with Gasteiger partial charge in [0.15, 0.2) is 0 Å². The second-order valence-corrected chi connectivity index (χ2v) is 5.34. The van der Waals surface area contributed by atoms with E-state index in [0.29, 0.717) is 0 Å². The summed E-state index contributed by atoms with van der Waals surface area (Å²) < 4.78 is 0. The van der Waals surface area contributed by atoms with Crippen molar-refractivity contribution in [3.05, 3.63) is 11.3 Å². The molecule has 0 saturated carbocycles. The van der Waals surface area contributed by atoms with E-state index in [0.717, 1.165) is 11.5 Å². The van der Waals surface area contributed by atoms with Crippen LogP contribution < -0.4 is 0 Å². The standard InChI is InChI=1S/C13H19N3S/c1-17-13(15-10-14)11-6-2-3-7-12(11)16-8-4-5-9-16/h2-9H2,1H3. The molecule has 0 aromatic heterocycles. The number of nitriles is 1. The van der Waals surface area contributed by atoms with Crippen LogP contribution in [0.2, 0.25) is 0 Å². The van der Waals surface area contributed by atoms with Crippen LogP contribution in [0.25, 0.3) is 0 Å². The first-order valence-corrected chi connectivity index (χ1v) is 7.57. The van der Waals surface area contributed by atoms with Gasteiger partial charge < -0.3 is 4.90 Å². The van der Waals surface area contributed by atoms with E-state index in [-0.39, 0.29) is 0 Å². The highest BCUT2D eigenvalue weighted by Gasteiger charge is 2.23. The summed E-state index contributed by atoms with van der Waals surface area (Å²) in [6, 6.07) is 0. The molecule has 1 heterocycles. The third-order valence-electron chi connectivity index (χ3n) is 3.53. The summed E-state index contributed by atoms with van der Waals surface area (Å²) in [7, 11) is 0. The summed E-state index contributed by atoms with van der Waals surface area (Å²) in [6.07, 6.45) is 11.3. The molecule has 2 aliphatic rings. The van der Waals surface area contributed by atoms with E-state index in [4.69, 9.17) is 5.26 Å². The van der Waals surface area contributed by atoms with Gasteiger partial charge in [-0.25, -0.2) is 0 Å². The van der Waals surface area contributed by atoms with E-state index < -0.39 is 0 Å². The van der Waals surface area contributed by atoms with Crippen LogP contribution in [0.3, 0.4) is 0 Å². The van der Waals surface area contributed by atoms with E-state index in [2.05, 4.69) is 9.89 Å². The van der Waals surface area contributed by atoms with Gasteiger partial charge in [0, 0.05) is 24.4 Å². The lowest BCUT2D eigenvalue weighted by Crippen LogP contribution is -2.24. The zero-order valence-corrected chi connectivity index (χ0v) is 11.2. The van der Waals surface area contributed by atoms with Gasteiger partial charge in [-0.2, -0.15) is 10.3 Å². The monoisotopic (exact) mass is 249 g/mol. The first-order chi connectivity index (χ1) is 8.36. The summed E-state index contributed by atoms with van der Waals surface area (Å²) in [4.78, 5) is 6.50. The van der Waals surface area contributed by atoms with Crippen molar-refractivity contribution in [1.29, 1.82) is 5.26 Å². The Balaban J connectivity index is 2.30. The van der Waals surface area contributed by atoms with Gasteiger partial charge in [0.05, 0.1) is 0 Å². The second-order valence-electron chi connectivity index (χ2n) is 4.55. The van der Waals surface area contributed by atoms with Crippen molar-refractivity contribution in [2.24, 2.45) is 4.99 Å². The highest BCUT2D eigenvalue weighted by Crippen LogP contribution is 2.32. The molecule has 0 spiro atoms. The molecule has 0 aromatic rings. The van der Waals surface area contributed by atoms with Gasteiger partial charge in [-0.3, -0.25) is 0 Å². The Labute approximate surface area is 108 Å². The molecule has 0 unspecified atom stereocenters. The molecule has 0 radical (unpaired) electrons. The maximum absolute atomic E-state index is 8.76. The molecule has 0 aromatic carbocycles. The minimum absolute atomic E-state index is 0.939. The predicted octanol–water partition coefficient (Wildman–Crippen LogP) is 3.15. The number of allylic oxidation sites excluding steroid dienone is 1. The first kappa shape index (κ1) is 12.5. The van der Waals surface area contributed by atoms with E-state index in [9.17, 15) is 0 Å². The molecule has 4 heteroatoms. The number of thioether (sulfide) groups is 1. The van der Waals surface area contributed by atoms with E-state index in [1.807, 2.05) is 12.4 Å². The van der Waals surface area contributed by atoms with Crippen LogP contribution in [-0.4, -0.2) is 29.3 Å². The molecule has 0 atom stereocenters. The topological polar surface area (TPSA) is 39.4 Å². The van der Waals surface area contributed by atoms with Crippen LogP contribution in [0.15, 0.2) is 16.3 Å². The maximum Gasteiger partial charge on any atom is 0.206 e. The van der Waals surface area contributed by atoms with E-state index in [1.165, 1.54) is 56.5 Å². The summed E-state index contributed by atoms with van der Waals surface area (Å²) >= 11 is 1.61. The number of rotatable bonds is 2. The molecular weight excluding hydrogens is 230 g/mol. The van der Waals surface area contributed by atoms with Gasteiger partial charge in [0.1, 0.15) is 5.04 Å². The third-order valence-corrected chi connectivity index (χ3v) is 4.25. The highest BCUT2D eigenvalue weighted by molar-refractivity contribution is 8.13. The lowest BCUT2D eigenvalue weighted by molar-refractivity contribution is 0.389. The molecule has 17 heavy (non-hydrogen) atoms. The lowest BCUT2D eigenvalue weighted by atomic mass is 9.96. The maximum atomic E-state index is 8.76. The van der Waals surface area contributed by atoms with Gasteiger partial charge in [-0.05, 0) is 44.8 Å². The van der Waals surface area contributed by atoms with Crippen molar-refractivity contribution in [3.63, 3.8) is 0 Å². The minimum Gasteiger partial charge on any atom is -0.375 e. The Morgan fingerprint density at radius 3 is 2.59 bits per heavy atom. The summed E-state index contributed by atoms with van der Waals surface area (Å²) in [5, 5.41) is 9.70. The second kappa shape index (κ2) is 6.11. The fourth-order valence-corrected chi connectivity index (χ4v) is 3.34. The number of hydrogen-bond acceptors (Lipinski definition) is 4. The van der Waals surface area contributed by atoms with Gasteiger partial charge in [0.2, 0.25) is 6.19 Å². The Hall–Kier alpha value is -0.950. The SMILES string of the molecule is CSC(=NC#N)C1=C(N2CCCC2)CCCC1. The smallest absolute Gasteiger partial charge is 0.206 e. The van der Waals surface area contributed by atoms with Crippen molar-refractivity contribution < 1.29 is 0 Å². The molecule has 92 valence electrons. The third kappa shape index (κ3) is 2.84. The Morgan fingerprint density at radius 2 is 1.94 bits per heavy atom. The van der Waals surface area contributed by atoms with Gasteiger partial charge in [-0.15, -0.1) is 11.8 Å². The number of nitrogens with zero attached hydrogens (tertiary/aromatic N) is 3. The Kier molecular flexibility index (Phi) is 4.49. The quantitative estimate of drug-likeness (QED) is 0.429. The minimum atomic E-state index is 0.939. The van der Waals surface area contributed by atoms with Crippen molar-refractivity contribution in [3.8, 4) is 6.19 Å². The number of hydrogen-bond donors (Lipinski definition) is 0. The molecule has 1 fully saturated rings. The summed E-state index contributed by atoms with van der Waals surface area (Å²) in [5.74, 6) is 0. The predicted molar refractivity (Wildman–Crippen MR) is 72.9 cm³/mol. The molecule has 2 rings (SSSR count). The molecule has 1 saturated heterocycles. The van der Waals surface area contributed by atoms with Gasteiger partial charge >= 0.3 is 0 Å². The fourth-order valence-electron chi connectivity index (χ4n) is 2.74. The zero-order chi connectivity index (χ0) is 12.1. The molecule has 0 N–H and O–H groups in total. The van der Waals surface area contributed by atoms with E-state index >= 15 is 0 Å². The van der Waals surface area contributed by atoms with Gasteiger partial charge in [-0.1, -0.05) is 0 Å². The molecule has 1 aliphatic carbocycles. The van der Waals surface area contributed by atoms with Gasteiger partial charge in [0.25, 0.3) is 0 Å². The van der Waals surface area contributed by atoms with Crippen LogP contribution in [0.1, 0.15) is 38.5 Å². The van der Waals surface area contributed by atoms with Crippen molar-refractivity contribution >= 4 is 16.8 Å². The first-order valence-electron chi connectivity index (χ1n) is 6.35. The van der Waals surface area contributed by atoms with E-state index in [1.54, 1.807) is 11.8 Å². The average molecular weight is 249 g/mol. The van der Waals surface area contributed by atoms with Crippen molar-refractivity contribution in [2.75, 3.05) is 19.3 Å². The molecule has 0 bridgehead atoms. The number of likely N-dealkylation sites (tertiary alicyclic amines) is 1. The molecule has 3 nitrogen and oxygen atoms in total. The lowest BCUT2D eigenvalue weighted by Gasteiger charge is -2.28. The average Bonchev–Trinajstić information content (AvgIpc) is 2.90. The normalized spacial score (nSPS) is 21.9. The fraction of sp³-hybridized carbons (Fsp3) is 0.692. The van der Waals surface area contributed by atoms with Crippen LogP contribution in [0.5, 0.6) is 0 Å². The molecule has 1 aliphatic heterocycles. The van der Waals surface area contributed by atoms with Crippen LogP contribution >= 0.6 is 11.8 Å². The zero-order valence-electron chi connectivity index (χ0n) is 10.4. The largest absolute Gasteiger partial charge is 0.375 e. The Bertz CT molecular complexity index is 373. The summed E-state index contributed by atoms with van der Waals surface area (Å²) in [5.41, 5.74) is 2.81. The molecule has 0 amide bonds. The Morgan fingerprint density at radius 1 is 1.24 bits per heavy atom. The highest BCUT2D eigenvalue weighted by atomic mass is 32.2. The van der Waals surface area contributed by atoms with Crippen LogP contribution in [-0.2, 0) is 0 Å². The summed E-state index contributed by atoms with van der Waals surface area (Å²) in [6.45, 7) is 2.38. The number of aliphatic imine (C=N–C) groups is 1. The molecular formula is C13H19N3S. The van der Waals surface area contributed by atoms with Crippen LogP contribution in [0, 0.1) is 11.5 Å². The van der Waals surface area contributed by atoms with Crippen molar-refractivity contribution in [2.45, 2.75) is 38.5 Å². The van der Waals surface area contributed by atoms with Crippen LogP contribution in [0.4, 0.5) is 0 Å².